The van der Waals surface area contributed by atoms with E-state index in [4.69, 9.17) is 37.3 Å². The van der Waals surface area contributed by atoms with E-state index >= 15 is 0 Å². The smallest absolute Gasteiger partial charge is 0.143 e. The molecule has 11 rings (SSSR count). The van der Waals surface area contributed by atoms with Crippen LogP contribution in [0.5, 0.6) is 0 Å². The fourth-order valence-electron chi connectivity index (χ4n) is 6.46. The number of nitrogens with zero attached hydrogens (tertiary/aromatic N) is 1. The van der Waals surface area contributed by atoms with Gasteiger partial charge in [-0.05, 0) is 115 Å². The van der Waals surface area contributed by atoms with Crippen molar-refractivity contribution in [3.05, 3.63) is 211 Å². The van der Waals surface area contributed by atoms with Crippen molar-refractivity contribution in [3.63, 3.8) is 0 Å². The van der Waals surface area contributed by atoms with E-state index in [2.05, 4.69) is 0 Å². The predicted octanol–water partition coefficient (Wildman–Crippen LogP) is 15.5. The number of anilines is 3. The van der Waals surface area contributed by atoms with E-state index in [-0.39, 0.29) is 4.90 Å². The minimum atomic E-state index is -4.10. The molecule has 0 radical (unpaired) electrons. The summed E-state index contributed by atoms with van der Waals surface area (Å²) in [6.45, 7) is -8.20. The third-order valence-electron chi connectivity index (χ3n) is 9.01. The Morgan fingerprint density at radius 2 is 1.00 bits per heavy atom. The van der Waals surface area contributed by atoms with Gasteiger partial charge in [-0.25, -0.2) is 0 Å². The van der Waals surface area contributed by atoms with Gasteiger partial charge < -0.3 is 9.32 Å². The van der Waals surface area contributed by atoms with Crippen molar-refractivity contribution in [3.8, 4) is 44.5 Å². The lowest BCUT2D eigenvalue weighted by Gasteiger charge is -2.28. The van der Waals surface area contributed by atoms with Crippen molar-refractivity contribution in [2.75, 3.05) is 4.90 Å². The quantitative estimate of drug-likeness (QED) is 0.167. The summed E-state index contributed by atoms with van der Waals surface area (Å²) >= 11 is 0. The predicted molar refractivity (Wildman–Crippen MR) is 240 cm³/mol. The molecule has 0 spiro atoms. The lowest BCUT2D eigenvalue weighted by molar-refractivity contribution is 0.660. The highest BCUT2D eigenvalue weighted by Gasteiger charge is 2.35. The molecule has 0 saturated heterocycles. The standard InChI is InChI=1S/C55H39NO/c1-55(2)51-23-12-11-21-45(51)46-30-28-43(34-52(46)55)56(41-26-24-38(25-27-41)36-14-5-3-6-15-36)42-29-31-53-49(33-42)50-35-48(44-20-9-10-22-47(44)54(50)57-53)40-19-13-18-39(32-40)37-16-7-4-8-17-37/h3-35H,1-2H3/i1D3,2D3,3D,4D,5D,6D,7D,8D,9D,10D,11D,12D,13D,14D,15D,16D,17D,18D,19D,20D,21D,22D,23D,24D,25D,26D,27D,28D,29D,30D,31D,32D,33D,34D,35D. The Kier molecular flexibility index (Phi) is 2.77. The molecule has 1 aliphatic carbocycles. The minimum Gasteiger partial charge on any atom is -0.455 e. The summed E-state index contributed by atoms with van der Waals surface area (Å²) in [5.74, 6) is 0. The van der Waals surface area contributed by atoms with Gasteiger partial charge in [-0.1, -0.05) is 159 Å². The van der Waals surface area contributed by atoms with E-state index in [0.717, 1.165) is 0 Å². The summed E-state index contributed by atoms with van der Waals surface area (Å²) in [4.78, 5) is 0.144. The number of hydrogen-bond acceptors (Lipinski definition) is 2. The molecule has 0 N–H and O–H groups in total. The average Bonchev–Trinajstić information content (AvgIpc) is 1.48. The third-order valence-corrected chi connectivity index (χ3v) is 9.01. The van der Waals surface area contributed by atoms with Gasteiger partial charge in [0, 0.05) is 46.9 Å². The SMILES string of the molecule is [2H]c1c([2H])c([2H])c(-c2c([2H])c([2H])c(N(c3c([2H])c([2H])c4c(c3[2H])C(C([2H])([2H])[2H])(C([2H])([2H])[2H])c3c([2H])c([2H])c([2H])c([2H])c3-4)c3c([2H])c([2H])c4oc5c6c([2H])c([2H])c([2H])c([2H])c6c(-c6c([2H])c([2H])c([2H])c(-c7c([2H])c([2H])c([2H])c([2H])c7[2H])c6[2H])c([2H])c5c4c3[2H])c([2H])c2[2H])c([2H])c1[2H]. The molecule has 57 heavy (non-hydrogen) atoms. The molecule has 10 aromatic rings. The molecule has 1 aliphatic rings. The summed E-state index contributed by atoms with van der Waals surface area (Å²) in [5.41, 5.74) is -20.3. The largest absolute Gasteiger partial charge is 0.455 e. The van der Waals surface area contributed by atoms with Crippen LogP contribution in [0.15, 0.2) is 204 Å². The lowest BCUT2D eigenvalue weighted by Crippen LogP contribution is -2.16. The third kappa shape index (κ3) is 5.40. The first-order valence-corrected chi connectivity index (χ1v) is 16.6. The number of hydrogen-bond donors (Lipinski definition) is 0. The molecule has 0 unspecified atom stereocenters. The van der Waals surface area contributed by atoms with Crippen LogP contribution in [-0.4, -0.2) is 0 Å². The molecule has 2 heteroatoms. The number of rotatable bonds is 6. The van der Waals surface area contributed by atoms with Gasteiger partial charge in [0.15, 0.2) is 0 Å². The van der Waals surface area contributed by atoms with Gasteiger partial charge in [-0.3, -0.25) is 0 Å². The fourth-order valence-corrected chi connectivity index (χ4v) is 6.46. The molecule has 0 saturated carbocycles. The molecule has 0 fully saturated rings. The van der Waals surface area contributed by atoms with Crippen LogP contribution in [0.3, 0.4) is 0 Å². The van der Waals surface area contributed by atoms with Gasteiger partial charge in [0.05, 0.1) is 45.2 Å². The van der Waals surface area contributed by atoms with Crippen molar-refractivity contribution >= 4 is 49.8 Å². The van der Waals surface area contributed by atoms with Crippen LogP contribution in [0.2, 0.25) is 0 Å². The Morgan fingerprint density at radius 1 is 0.404 bits per heavy atom. The van der Waals surface area contributed by atoms with Crippen molar-refractivity contribution in [1.82, 2.24) is 0 Å². The van der Waals surface area contributed by atoms with Gasteiger partial charge in [0.1, 0.15) is 11.2 Å². The van der Waals surface area contributed by atoms with E-state index in [1.54, 1.807) is 0 Å². The van der Waals surface area contributed by atoms with E-state index < -0.39 is 324 Å². The molecule has 2 nitrogen and oxygen atoms in total. The van der Waals surface area contributed by atoms with Gasteiger partial charge in [-0.15, -0.1) is 0 Å². The Balaban J connectivity index is 1.40. The first-order chi connectivity index (χ1) is 44.3. The van der Waals surface area contributed by atoms with Crippen LogP contribution in [0, 0.1) is 0 Å². The molecule has 1 heterocycles. The number of furan rings is 1. The molecule has 0 bridgehead atoms. The molecule has 0 atom stereocenters. The fraction of sp³-hybridized carbons (Fsp3) is 0.0545. The first kappa shape index (κ1) is 12.2. The van der Waals surface area contributed by atoms with E-state index in [1.807, 2.05) is 0 Å². The number of fused-ring (bicyclic) bond motifs is 8. The zero-order valence-electron chi connectivity index (χ0n) is 67.4. The highest BCUT2D eigenvalue weighted by atomic mass is 16.3. The van der Waals surface area contributed by atoms with E-state index in [9.17, 15) is 20.6 Å². The summed E-state index contributed by atoms with van der Waals surface area (Å²) in [6.07, 6.45) is 0. The van der Waals surface area contributed by atoms with Crippen LogP contribution in [-0.2, 0) is 5.41 Å². The molecular formula is C55H39NO. The zero-order chi connectivity index (χ0) is 71.8. The van der Waals surface area contributed by atoms with E-state index in [1.165, 1.54) is 0 Å². The Hall–Kier alpha value is -7.16. The Bertz CT molecular complexity index is 5210. The highest BCUT2D eigenvalue weighted by molar-refractivity contribution is 6.19. The second-order valence-electron chi connectivity index (χ2n) is 12.3. The zero-order valence-corrected chi connectivity index (χ0v) is 28.4. The average molecular weight is 769 g/mol. The van der Waals surface area contributed by atoms with Gasteiger partial charge in [0.2, 0.25) is 0 Å². The summed E-state index contributed by atoms with van der Waals surface area (Å²) in [7, 11) is 0. The molecule has 0 amide bonds. The maximum Gasteiger partial charge on any atom is 0.143 e. The minimum absolute atomic E-state index is 0.144. The summed E-state index contributed by atoms with van der Waals surface area (Å²) in [5, 5.41) is -3.47. The Labute approximate surface area is 387 Å². The van der Waals surface area contributed by atoms with Crippen LogP contribution in [0.25, 0.3) is 77.2 Å². The van der Waals surface area contributed by atoms with Crippen molar-refractivity contribution in [2.45, 2.75) is 19.1 Å². The maximum atomic E-state index is 10.3. The van der Waals surface area contributed by atoms with Crippen LogP contribution < -0.4 is 4.90 Å². The monoisotopic (exact) mass is 769 g/mol. The topological polar surface area (TPSA) is 16.4 Å². The molecule has 1 aromatic heterocycles. The summed E-state index contributed by atoms with van der Waals surface area (Å²) in [6, 6.07) is -39.0. The van der Waals surface area contributed by atoms with Crippen molar-refractivity contribution < 1.29 is 57.9 Å². The second kappa shape index (κ2) is 13.0. The normalized spacial score (nSPS) is 23.0. The second-order valence-corrected chi connectivity index (χ2v) is 12.3. The maximum absolute atomic E-state index is 10.3. The first-order valence-electron chi connectivity index (χ1n) is 36.1. The van der Waals surface area contributed by atoms with Crippen molar-refractivity contribution in [2.24, 2.45) is 0 Å². The summed E-state index contributed by atoms with van der Waals surface area (Å²) < 4.78 is 362. The van der Waals surface area contributed by atoms with Crippen LogP contribution >= 0.6 is 0 Å². The van der Waals surface area contributed by atoms with Gasteiger partial charge in [-0.2, -0.15) is 0 Å². The van der Waals surface area contributed by atoms with Crippen LogP contribution in [0.4, 0.5) is 17.1 Å². The van der Waals surface area contributed by atoms with Gasteiger partial charge in [0.25, 0.3) is 0 Å². The Morgan fingerprint density at radius 3 is 1.79 bits per heavy atom. The van der Waals surface area contributed by atoms with Crippen molar-refractivity contribution in [1.29, 1.82) is 0 Å². The molecule has 270 valence electrons. The highest BCUT2D eigenvalue weighted by Crippen LogP contribution is 2.51. The number of benzene rings is 9. The van der Waals surface area contributed by atoms with E-state index in [0.29, 0.717) is 0 Å². The molecular weight excluding hydrogens is 691 g/mol. The molecule has 0 aliphatic heterocycles. The molecule has 9 aromatic carbocycles. The van der Waals surface area contributed by atoms with Gasteiger partial charge >= 0.3 is 0 Å². The lowest BCUT2D eigenvalue weighted by atomic mass is 9.82. The van der Waals surface area contributed by atoms with Crippen LogP contribution in [0.1, 0.15) is 78.3 Å².